The summed E-state index contributed by atoms with van der Waals surface area (Å²) in [4.78, 5) is 21.7. The number of nitrogens with zero attached hydrogens (tertiary/aromatic N) is 5. The van der Waals surface area contributed by atoms with Crippen molar-refractivity contribution in [3.8, 4) is 5.69 Å². The SMILES string of the molecule is CCC(N)CNc1ncc(C(N)=O)c(Nc2cccc(-n3nccn3)c2)n1. The van der Waals surface area contributed by atoms with E-state index in [-0.39, 0.29) is 11.6 Å². The van der Waals surface area contributed by atoms with Crippen molar-refractivity contribution in [3.63, 3.8) is 0 Å². The van der Waals surface area contributed by atoms with Crippen LogP contribution in [0.4, 0.5) is 17.5 Å². The Kier molecular flexibility index (Phi) is 5.57. The van der Waals surface area contributed by atoms with Crippen LogP contribution in [0, 0.1) is 0 Å². The van der Waals surface area contributed by atoms with Gasteiger partial charge in [0.2, 0.25) is 5.95 Å². The molecule has 10 nitrogen and oxygen atoms in total. The normalized spacial score (nSPS) is 11.8. The summed E-state index contributed by atoms with van der Waals surface area (Å²) >= 11 is 0. The van der Waals surface area contributed by atoms with Gasteiger partial charge in [-0.1, -0.05) is 13.0 Å². The Morgan fingerprint density at radius 1 is 1.30 bits per heavy atom. The molecule has 140 valence electrons. The molecule has 0 radical (unpaired) electrons. The lowest BCUT2D eigenvalue weighted by Gasteiger charge is -2.13. The van der Waals surface area contributed by atoms with Gasteiger partial charge in [0.15, 0.2) is 0 Å². The molecule has 1 amide bonds. The van der Waals surface area contributed by atoms with Gasteiger partial charge in [-0.05, 0) is 24.6 Å². The molecule has 0 saturated carbocycles. The molecule has 27 heavy (non-hydrogen) atoms. The molecule has 1 aromatic carbocycles. The summed E-state index contributed by atoms with van der Waals surface area (Å²) in [6.07, 6.45) is 5.39. The van der Waals surface area contributed by atoms with E-state index in [9.17, 15) is 4.79 Å². The van der Waals surface area contributed by atoms with Gasteiger partial charge in [-0.15, -0.1) is 0 Å². The Morgan fingerprint density at radius 3 is 2.78 bits per heavy atom. The predicted molar refractivity (Wildman–Crippen MR) is 102 cm³/mol. The van der Waals surface area contributed by atoms with Crippen molar-refractivity contribution in [2.75, 3.05) is 17.2 Å². The number of aromatic nitrogens is 5. The van der Waals surface area contributed by atoms with Crippen LogP contribution in [0.1, 0.15) is 23.7 Å². The number of nitrogens with one attached hydrogen (secondary N) is 2. The van der Waals surface area contributed by atoms with Gasteiger partial charge >= 0.3 is 0 Å². The summed E-state index contributed by atoms with van der Waals surface area (Å²) < 4.78 is 0. The van der Waals surface area contributed by atoms with E-state index < -0.39 is 5.91 Å². The number of carbonyl (C=O) groups excluding carboxylic acids is 1. The monoisotopic (exact) mass is 367 g/mol. The highest BCUT2D eigenvalue weighted by Gasteiger charge is 2.13. The molecule has 0 aliphatic carbocycles. The predicted octanol–water partition coefficient (Wildman–Crippen LogP) is 1.05. The number of benzene rings is 1. The van der Waals surface area contributed by atoms with E-state index in [2.05, 4.69) is 30.8 Å². The molecule has 0 aliphatic rings. The zero-order chi connectivity index (χ0) is 19.2. The second kappa shape index (κ2) is 8.23. The van der Waals surface area contributed by atoms with Crippen LogP contribution in [0.2, 0.25) is 0 Å². The highest BCUT2D eigenvalue weighted by atomic mass is 16.1. The summed E-state index contributed by atoms with van der Waals surface area (Å²) in [5.74, 6) is 0.0335. The number of carbonyl (C=O) groups is 1. The van der Waals surface area contributed by atoms with E-state index in [4.69, 9.17) is 11.5 Å². The molecule has 0 spiro atoms. The quantitative estimate of drug-likeness (QED) is 0.461. The van der Waals surface area contributed by atoms with Gasteiger partial charge in [-0.3, -0.25) is 4.79 Å². The molecular weight excluding hydrogens is 346 g/mol. The van der Waals surface area contributed by atoms with Gasteiger partial charge < -0.3 is 22.1 Å². The number of nitrogens with two attached hydrogens (primary N) is 2. The van der Waals surface area contributed by atoms with Crippen LogP contribution in [0.5, 0.6) is 0 Å². The van der Waals surface area contributed by atoms with Crippen LogP contribution < -0.4 is 22.1 Å². The van der Waals surface area contributed by atoms with Crippen molar-refractivity contribution < 1.29 is 4.79 Å². The molecule has 0 bridgehead atoms. The highest BCUT2D eigenvalue weighted by Crippen LogP contribution is 2.21. The average Bonchev–Trinajstić information content (AvgIpc) is 3.21. The van der Waals surface area contributed by atoms with Crippen molar-refractivity contribution in [1.82, 2.24) is 25.0 Å². The largest absolute Gasteiger partial charge is 0.365 e. The molecular formula is C17H21N9O. The van der Waals surface area contributed by atoms with E-state index in [0.717, 1.165) is 12.1 Å². The minimum Gasteiger partial charge on any atom is -0.365 e. The third kappa shape index (κ3) is 4.55. The van der Waals surface area contributed by atoms with Crippen LogP contribution in [-0.2, 0) is 0 Å². The Labute approximate surface area is 156 Å². The smallest absolute Gasteiger partial charge is 0.254 e. The van der Waals surface area contributed by atoms with E-state index in [1.807, 2.05) is 31.2 Å². The van der Waals surface area contributed by atoms with E-state index >= 15 is 0 Å². The minimum atomic E-state index is -0.626. The van der Waals surface area contributed by atoms with Gasteiger partial charge in [0.05, 0.1) is 18.1 Å². The molecule has 0 aliphatic heterocycles. The maximum Gasteiger partial charge on any atom is 0.254 e. The molecule has 1 unspecified atom stereocenters. The Bertz CT molecular complexity index is 911. The first-order valence-corrected chi connectivity index (χ1v) is 8.47. The third-order valence-corrected chi connectivity index (χ3v) is 3.86. The van der Waals surface area contributed by atoms with E-state index in [1.54, 1.807) is 12.4 Å². The average molecular weight is 367 g/mol. The molecule has 0 saturated heterocycles. The van der Waals surface area contributed by atoms with Crippen molar-refractivity contribution in [2.45, 2.75) is 19.4 Å². The molecule has 0 fully saturated rings. The Balaban J connectivity index is 1.86. The molecule has 1 atom stereocenters. The topological polar surface area (TPSA) is 150 Å². The molecule has 3 rings (SSSR count). The second-order valence-electron chi connectivity index (χ2n) is 5.86. The molecule has 6 N–H and O–H groups in total. The molecule has 2 heterocycles. The number of rotatable bonds is 8. The molecule has 3 aromatic rings. The first-order chi connectivity index (χ1) is 13.1. The lowest BCUT2D eigenvalue weighted by Crippen LogP contribution is -2.28. The van der Waals surface area contributed by atoms with Crippen molar-refractivity contribution >= 4 is 23.4 Å². The first-order valence-electron chi connectivity index (χ1n) is 8.47. The third-order valence-electron chi connectivity index (χ3n) is 3.86. The number of anilines is 3. The lowest BCUT2D eigenvalue weighted by molar-refractivity contribution is 0.100. The molecule has 10 heteroatoms. The summed E-state index contributed by atoms with van der Waals surface area (Å²) in [5, 5.41) is 14.4. The fourth-order valence-electron chi connectivity index (χ4n) is 2.30. The summed E-state index contributed by atoms with van der Waals surface area (Å²) in [6.45, 7) is 2.52. The van der Waals surface area contributed by atoms with Gasteiger partial charge in [-0.25, -0.2) is 4.98 Å². The Hall–Kier alpha value is -3.53. The van der Waals surface area contributed by atoms with Crippen molar-refractivity contribution in [2.24, 2.45) is 11.5 Å². The van der Waals surface area contributed by atoms with Gasteiger partial charge in [0, 0.05) is 24.5 Å². The fraction of sp³-hybridized carbons (Fsp3) is 0.235. The number of hydrogen-bond donors (Lipinski definition) is 4. The van der Waals surface area contributed by atoms with Crippen molar-refractivity contribution in [1.29, 1.82) is 0 Å². The van der Waals surface area contributed by atoms with E-state index in [0.29, 0.717) is 24.0 Å². The summed E-state index contributed by atoms with van der Waals surface area (Å²) in [7, 11) is 0. The standard InChI is InChI=1S/C17H21N9O/c1-2-11(18)9-20-17-21-10-14(15(19)27)16(25-17)24-12-4-3-5-13(8-12)26-22-6-7-23-26/h3-8,10-11H,2,9,18H2,1H3,(H2,19,27)(H2,20,21,24,25). The maximum atomic E-state index is 11.7. The summed E-state index contributed by atoms with van der Waals surface area (Å²) in [6, 6.07) is 7.34. The lowest BCUT2D eigenvalue weighted by atomic mass is 10.2. The van der Waals surface area contributed by atoms with Crippen LogP contribution >= 0.6 is 0 Å². The second-order valence-corrected chi connectivity index (χ2v) is 5.86. The summed E-state index contributed by atoms with van der Waals surface area (Å²) in [5.41, 5.74) is 13.0. The van der Waals surface area contributed by atoms with Crippen molar-refractivity contribution in [3.05, 3.63) is 48.4 Å². The number of amides is 1. The van der Waals surface area contributed by atoms with Gasteiger partial charge in [0.1, 0.15) is 11.4 Å². The fourth-order valence-corrected chi connectivity index (χ4v) is 2.30. The van der Waals surface area contributed by atoms with Crippen LogP contribution in [-0.4, -0.2) is 43.5 Å². The minimum absolute atomic E-state index is 0.0147. The number of primary amides is 1. The van der Waals surface area contributed by atoms with Crippen LogP contribution in [0.25, 0.3) is 5.69 Å². The van der Waals surface area contributed by atoms with Gasteiger partial charge in [-0.2, -0.15) is 20.0 Å². The maximum absolute atomic E-state index is 11.7. The Morgan fingerprint density at radius 2 is 2.07 bits per heavy atom. The number of hydrogen-bond acceptors (Lipinski definition) is 8. The van der Waals surface area contributed by atoms with E-state index in [1.165, 1.54) is 11.0 Å². The molecule has 2 aromatic heterocycles. The zero-order valence-corrected chi connectivity index (χ0v) is 14.8. The van der Waals surface area contributed by atoms with Crippen LogP contribution in [0.15, 0.2) is 42.9 Å². The van der Waals surface area contributed by atoms with Crippen LogP contribution in [0.3, 0.4) is 0 Å². The highest BCUT2D eigenvalue weighted by molar-refractivity contribution is 5.98. The first kappa shape index (κ1) is 18.3. The van der Waals surface area contributed by atoms with Gasteiger partial charge in [0.25, 0.3) is 5.91 Å². The zero-order valence-electron chi connectivity index (χ0n) is 14.8.